The van der Waals surface area contributed by atoms with Gasteiger partial charge in [0.15, 0.2) is 0 Å². The van der Waals surface area contributed by atoms with E-state index in [1.54, 1.807) is 0 Å². The van der Waals surface area contributed by atoms with E-state index in [4.69, 9.17) is 4.52 Å². The second-order valence-electron chi connectivity index (χ2n) is 5.84. The van der Waals surface area contributed by atoms with E-state index in [9.17, 15) is 23.7 Å². The first-order valence-electron chi connectivity index (χ1n) is 8.24. The summed E-state index contributed by atoms with van der Waals surface area (Å²) in [5.74, 6) is -1.04. The molecule has 0 aliphatic carbocycles. The minimum absolute atomic E-state index is 0.0242. The summed E-state index contributed by atoms with van der Waals surface area (Å²) in [4.78, 5) is 26.2. The number of halogens is 2. The van der Waals surface area contributed by atoms with Gasteiger partial charge >= 0.3 is 0 Å². The van der Waals surface area contributed by atoms with Gasteiger partial charge in [0, 0.05) is 30.5 Å². The molecule has 3 rings (SSSR count). The molecule has 0 atom stereocenters. The molecule has 0 aliphatic rings. The molecule has 1 N–H and O–H groups in total. The molecule has 3 aromatic rings. The van der Waals surface area contributed by atoms with Gasteiger partial charge in [-0.1, -0.05) is 5.16 Å². The van der Waals surface area contributed by atoms with E-state index < -0.39 is 16.6 Å². The van der Waals surface area contributed by atoms with Crippen molar-refractivity contribution in [3.8, 4) is 11.4 Å². The van der Waals surface area contributed by atoms with Gasteiger partial charge in [0.2, 0.25) is 17.6 Å². The monoisotopic (exact) mass is 388 g/mol. The van der Waals surface area contributed by atoms with Crippen LogP contribution in [-0.2, 0) is 11.2 Å². The van der Waals surface area contributed by atoms with Crippen LogP contribution in [0.5, 0.6) is 0 Å². The quantitative estimate of drug-likeness (QED) is 0.486. The van der Waals surface area contributed by atoms with Crippen LogP contribution in [-0.4, -0.2) is 21.0 Å². The number of nitrogens with zero attached hydrogens (tertiary/aromatic N) is 3. The molecule has 0 saturated heterocycles. The van der Waals surface area contributed by atoms with Crippen LogP contribution in [0.15, 0.2) is 47.0 Å². The Morgan fingerprint density at radius 2 is 1.93 bits per heavy atom. The van der Waals surface area contributed by atoms with Crippen molar-refractivity contribution < 1.29 is 23.0 Å². The molecule has 1 amide bonds. The first kappa shape index (κ1) is 19.1. The van der Waals surface area contributed by atoms with Gasteiger partial charge in [-0.3, -0.25) is 14.9 Å². The van der Waals surface area contributed by atoms with E-state index >= 15 is 0 Å². The van der Waals surface area contributed by atoms with Crippen molar-refractivity contribution in [3.05, 3.63) is 70.1 Å². The maximum absolute atomic E-state index is 13.7. The van der Waals surface area contributed by atoms with Crippen LogP contribution in [0.25, 0.3) is 11.4 Å². The first-order valence-corrected chi connectivity index (χ1v) is 8.24. The SMILES string of the molecule is O=C(CCCc1nc(-c2ccc(F)cc2)no1)Nc1cc([N+](=O)[O-])ccc1F. The molecule has 0 aliphatic heterocycles. The zero-order valence-corrected chi connectivity index (χ0v) is 14.4. The summed E-state index contributed by atoms with van der Waals surface area (Å²) in [6.07, 6.45) is 0.670. The average Bonchev–Trinajstić information content (AvgIpc) is 3.13. The third kappa shape index (κ3) is 4.72. The molecule has 0 spiro atoms. The van der Waals surface area contributed by atoms with E-state index in [1.165, 1.54) is 24.3 Å². The standard InChI is InChI=1S/C18H14F2N4O4/c19-12-6-4-11(5-7-12)18-22-17(28-23-18)3-1-2-16(25)21-15-10-13(24(26)27)8-9-14(15)20/h4-10H,1-3H2,(H,21,25). The Labute approximate surface area is 157 Å². The van der Waals surface area contributed by atoms with Crippen LogP contribution in [0.3, 0.4) is 0 Å². The predicted octanol–water partition coefficient (Wildman–Crippen LogP) is 3.88. The lowest BCUT2D eigenvalue weighted by atomic mass is 10.2. The van der Waals surface area contributed by atoms with Crippen LogP contribution < -0.4 is 5.32 Å². The molecule has 28 heavy (non-hydrogen) atoms. The number of anilines is 1. The highest BCUT2D eigenvalue weighted by atomic mass is 19.1. The molecule has 0 saturated carbocycles. The van der Waals surface area contributed by atoms with Crippen molar-refractivity contribution in [3.63, 3.8) is 0 Å². The number of nitro benzene ring substituents is 1. The van der Waals surface area contributed by atoms with E-state index in [0.29, 0.717) is 30.1 Å². The number of hydrogen-bond acceptors (Lipinski definition) is 6. The zero-order valence-electron chi connectivity index (χ0n) is 14.4. The molecular formula is C18H14F2N4O4. The molecule has 0 radical (unpaired) electrons. The first-order chi connectivity index (χ1) is 13.4. The number of rotatable bonds is 7. The molecular weight excluding hydrogens is 374 g/mol. The summed E-state index contributed by atoms with van der Waals surface area (Å²) < 4.78 is 31.7. The fraction of sp³-hybridized carbons (Fsp3) is 0.167. The van der Waals surface area contributed by atoms with Crippen molar-refractivity contribution >= 4 is 17.3 Å². The number of nitro groups is 1. The molecule has 0 bridgehead atoms. The molecule has 2 aromatic carbocycles. The number of hydrogen-bond donors (Lipinski definition) is 1. The van der Waals surface area contributed by atoms with Crippen LogP contribution in [0.1, 0.15) is 18.7 Å². The second-order valence-corrected chi connectivity index (χ2v) is 5.84. The summed E-state index contributed by atoms with van der Waals surface area (Å²) >= 11 is 0. The number of carbonyl (C=O) groups excluding carboxylic acids is 1. The number of benzene rings is 2. The minimum Gasteiger partial charge on any atom is -0.339 e. The highest BCUT2D eigenvalue weighted by molar-refractivity contribution is 5.91. The van der Waals surface area contributed by atoms with Crippen molar-refractivity contribution in [2.45, 2.75) is 19.3 Å². The highest BCUT2D eigenvalue weighted by Crippen LogP contribution is 2.22. The molecule has 0 fully saturated rings. The number of amides is 1. The van der Waals surface area contributed by atoms with Crippen LogP contribution in [0.2, 0.25) is 0 Å². The van der Waals surface area contributed by atoms with Crippen molar-refractivity contribution in [2.75, 3.05) is 5.32 Å². The molecule has 144 valence electrons. The summed E-state index contributed by atoms with van der Waals surface area (Å²) in [6.45, 7) is 0. The fourth-order valence-electron chi connectivity index (χ4n) is 2.41. The van der Waals surface area contributed by atoms with Gasteiger partial charge in [-0.25, -0.2) is 8.78 Å². The van der Waals surface area contributed by atoms with Gasteiger partial charge in [0.25, 0.3) is 5.69 Å². The predicted molar refractivity (Wildman–Crippen MR) is 94.3 cm³/mol. The average molecular weight is 388 g/mol. The number of non-ortho nitro benzene ring substituents is 1. The van der Waals surface area contributed by atoms with Crippen LogP contribution in [0.4, 0.5) is 20.2 Å². The zero-order chi connectivity index (χ0) is 20.1. The number of aromatic nitrogens is 2. The van der Waals surface area contributed by atoms with Gasteiger partial charge in [-0.05, 0) is 36.8 Å². The van der Waals surface area contributed by atoms with E-state index in [0.717, 1.165) is 18.2 Å². The lowest BCUT2D eigenvalue weighted by Gasteiger charge is -2.05. The third-order valence-electron chi connectivity index (χ3n) is 3.80. The van der Waals surface area contributed by atoms with Crippen molar-refractivity contribution in [2.24, 2.45) is 0 Å². The normalized spacial score (nSPS) is 10.6. The fourth-order valence-corrected chi connectivity index (χ4v) is 2.41. The summed E-state index contributed by atoms with van der Waals surface area (Å²) in [5.41, 5.74) is 0.0155. The Balaban J connectivity index is 1.53. The number of carbonyl (C=O) groups is 1. The van der Waals surface area contributed by atoms with Gasteiger partial charge < -0.3 is 9.84 Å². The maximum Gasteiger partial charge on any atom is 0.271 e. The number of aryl methyl sites for hydroxylation is 1. The number of nitrogens with one attached hydrogen (secondary N) is 1. The topological polar surface area (TPSA) is 111 Å². The second kappa shape index (κ2) is 8.33. The molecule has 0 unspecified atom stereocenters. The lowest BCUT2D eigenvalue weighted by Crippen LogP contribution is -2.13. The summed E-state index contributed by atoms with van der Waals surface area (Å²) in [7, 11) is 0. The smallest absolute Gasteiger partial charge is 0.271 e. The van der Waals surface area contributed by atoms with Gasteiger partial charge in [0.05, 0.1) is 10.6 Å². The van der Waals surface area contributed by atoms with Crippen LogP contribution in [0, 0.1) is 21.7 Å². The van der Waals surface area contributed by atoms with Gasteiger partial charge in [0.1, 0.15) is 11.6 Å². The molecule has 1 aromatic heterocycles. The van der Waals surface area contributed by atoms with Gasteiger partial charge in [-0.15, -0.1) is 0 Å². The van der Waals surface area contributed by atoms with Crippen molar-refractivity contribution in [1.82, 2.24) is 10.1 Å². The third-order valence-corrected chi connectivity index (χ3v) is 3.80. The Hall–Kier alpha value is -3.69. The van der Waals surface area contributed by atoms with E-state index in [-0.39, 0.29) is 23.6 Å². The highest BCUT2D eigenvalue weighted by Gasteiger charge is 2.14. The Morgan fingerprint density at radius 1 is 1.18 bits per heavy atom. The Kier molecular flexibility index (Phi) is 5.68. The van der Waals surface area contributed by atoms with Crippen molar-refractivity contribution in [1.29, 1.82) is 0 Å². The van der Waals surface area contributed by atoms with E-state index in [2.05, 4.69) is 15.5 Å². The minimum atomic E-state index is -0.764. The van der Waals surface area contributed by atoms with Crippen LogP contribution >= 0.6 is 0 Å². The summed E-state index contributed by atoms with van der Waals surface area (Å²) in [5, 5.41) is 16.8. The van der Waals surface area contributed by atoms with E-state index in [1.807, 2.05) is 0 Å². The molecule has 1 heterocycles. The maximum atomic E-state index is 13.7. The molecule has 10 heteroatoms. The van der Waals surface area contributed by atoms with Gasteiger partial charge in [-0.2, -0.15) is 4.98 Å². The lowest BCUT2D eigenvalue weighted by molar-refractivity contribution is -0.384. The largest absolute Gasteiger partial charge is 0.339 e. The Bertz CT molecular complexity index is 1010. The Morgan fingerprint density at radius 3 is 2.64 bits per heavy atom. The summed E-state index contributed by atoms with van der Waals surface area (Å²) in [6, 6.07) is 8.49. The molecule has 8 nitrogen and oxygen atoms in total.